The number of amides is 1. The molecule has 1 amide bonds. The quantitative estimate of drug-likeness (QED) is 0.877. The highest BCUT2D eigenvalue weighted by molar-refractivity contribution is 6.30. The molecule has 0 aromatic heterocycles. The van der Waals surface area contributed by atoms with Crippen LogP contribution in [0.1, 0.15) is 12.0 Å². The molecule has 0 saturated heterocycles. The SMILES string of the molecule is Cc1ccc(Cl)cc1NCCC(=O)N(C)C. The summed E-state index contributed by atoms with van der Waals surface area (Å²) in [6, 6.07) is 5.68. The van der Waals surface area contributed by atoms with Crippen molar-refractivity contribution in [2.45, 2.75) is 13.3 Å². The van der Waals surface area contributed by atoms with Crippen LogP contribution in [0.15, 0.2) is 18.2 Å². The Hall–Kier alpha value is -1.22. The van der Waals surface area contributed by atoms with Gasteiger partial charge < -0.3 is 10.2 Å². The van der Waals surface area contributed by atoms with Crippen LogP contribution in [-0.4, -0.2) is 31.4 Å². The Kier molecular flexibility index (Phi) is 4.62. The molecule has 16 heavy (non-hydrogen) atoms. The van der Waals surface area contributed by atoms with E-state index < -0.39 is 0 Å². The van der Waals surface area contributed by atoms with Crippen molar-refractivity contribution in [2.24, 2.45) is 0 Å². The Labute approximate surface area is 101 Å². The Morgan fingerprint density at radius 1 is 1.44 bits per heavy atom. The Balaban J connectivity index is 2.49. The standard InChI is InChI=1S/C12H17ClN2O/c1-9-4-5-10(13)8-11(9)14-7-6-12(16)15(2)3/h4-5,8,14H,6-7H2,1-3H3. The van der Waals surface area contributed by atoms with E-state index in [0.29, 0.717) is 18.0 Å². The van der Waals surface area contributed by atoms with E-state index in [0.717, 1.165) is 11.3 Å². The second-order valence-electron chi connectivity index (χ2n) is 3.92. The monoisotopic (exact) mass is 240 g/mol. The second kappa shape index (κ2) is 5.75. The summed E-state index contributed by atoms with van der Waals surface area (Å²) in [6.07, 6.45) is 0.485. The van der Waals surface area contributed by atoms with Crippen molar-refractivity contribution < 1.29 is 4.79 Å². The lowest BCUT2D eigenvalue weighted by Gasteiger charge is -2.12. The van der Waals surface area contributed by atoms with Gasteiger partial charge in [-0.1, -0.05) is 17.7 Å². The summed E-state index contributed by atoms with van der Waals surface area (Å²) in [5, 5.41) is 3.91. The molecule has 1 N–H and O–H groups in total. The number of anilines is 1. The molecule has 0 saturated carbocycles. The third-order valence-corrected chi connectivity index (χ3v) is 2.59. The van der Waals surface area contributed by atoms with Gasteiger partial charge in [-0.2, -0.15) is 0 Å². The first kappa shape index (κ1) is 12.8. The molecule has 88 valence electrons. The van der Waals surface area contributed by atoms with E-state index in [-0.39, 0.29) is 5.91 Å². The molecular weight excluding hydrogens is 224 g/mol. The van der Waals surface area contributed by atoms with Gasteiger partial charge in [0, 0.05) is 37.8 Å². The first-order chi connectivity index (χ1) is 7.50. The Morgan fingerprint density at radius 3 is 2.75 bits per heavy atom. The number of rotatable bonds is 4. The average molecular weight is 241 g/mol. The van der Waals surface area contributed by atoms with Crippen LogP contribution >= 0.6 is 11.6 Å². The van der Waals surface area contributed by atoms with Gasteiger partial charge in [0.2, 0.25) is 5.91 Å². The van der Waals surface area contributed by atoms with Gasteiger partial charge in [0.15, 0.2) is 0 Å². The lowest BCUT2D eigenvalue weighted by Crippen LogP contribution is -2.23. The molecule has 3 nitrogen and oxygen atoms in total. The lowest BCUT2D eigenvalue weighted by molar-refractivity contribution is -0.128. The Bertz CT molecular complexity index is 377. The number of aryl methyl sites for hydroxylation is 1. The fourth-order valence-electron chi connectivity index (χ4n) is 1.31. The molecule has 1 rings (SSSR count). The van der Waals surface area contributed by atoms with Crippen molar-refractivity contribution in [3.8, 4) is 0 Å². The van der Waals surface area contributed by atoms with E-state index in [9.17, 15) is 4.79 Å². The van der Waals surface area contributed by atoms with E-state index in [4.69, 9.17) is 11.6 Å². The van der Waals surface area contributed by atoms with Gasteiger partial charge in [0.05, 0.1) is 0 Å². The van der Waals surface area contributed by atoms with Crippen LogP contribution in [0.25, 0.3) is 0 Å². The zero-order valence-electron chi connectivity index (χ0n) is 9.88. The van der Waals surface area contributed by atoms with Crippen LogP contribution < -0.4 is 5.32 Å². The molecule has 1 aromatic carbocycles. The maximum Gasteiger partial charge on any atom is 0.223 e. The molecule has 0 atom stereocenters. The van der Waals surface area contributed by atoms with Gasteiger partial charge >= 0.3 is 0 Å². The van der Waals surface area contributed by atoms with Crippen molar-refractivity contribution in [2.75, 3.05) is 26.0 Å². The normalized spacial score (nSPS) is 10.0. The lowest BCUT2D eigenvalue weighted by atomic mass is 10.2. The number of carbonyl (C=O) groups excluding carboxylic acids is 1. The molecular formula is C12H17ClN2O. The number of hydrogen-bond donors (Lipinski definition) is 1. The zero-order chi connectivity index (χ0) is 12.1. The van der Waals surface area contributed by atoms with Gasteiger partial charge in [0.1, 0.15) is 0 Å². The van der Waals surface area contributed by atoms with E-state index in [1.54, 1.807) is 19.0 Å². The fourth-order valence-corrected chi connectivity index (χ4v) is 1.48. The minimum Gasteiger partial charge on any atom is -0.384 e. The second-order valence-corrected chi connectivity index (χ2v) is 4.36. The maximum absolute atomic E-state index is 11.3. The van der Waals surface area contributed by atoms with Gasteiger partial charge in [-0.15, -0.1) is 0 Å². The molecule has 0 unspecified atom stereocenters. The summed E-state index contributed by atoms with van der Waals surface area (Å²) >= 11 is 5.89. The molecule has 0 radical (unpaired) electrons. The predicted molar refractivity (Wildman–Crippen MR) is 68.0 cm³/mol. The van der Waals surface area contributed by atoms with Crippen LogP contribution in [0.3, 0.4) is 0 Å². The van der Waals surface area contributed by atoms with Crippen molar-refractivity contribution in [3.05, 3.63) is 28.8 Å². The molecule has 0 spiro atoms. The molecule has 4 heteroatoms. The predicted octanol–water partition coefficient (Wildman–Crippen LogP) is 2.54. The van der Waals surface area contributed by atoms with E-state index in [1.165, 1.54) is 0 Å². The summed E-state index contributed by atoms with van der Waals surface area (Å²) < 4.78 is 0. The van der Waals surface area contributed by atoms with Gasteiger partial charge in [-0.05, 0) is 24.6 Å². The van der Waals surface area contributed by atoms with Gasteiger partial charge in [-0.25, -0.2) is 0 Å². The summed E-state index contributed by atoms with van der Waals surface area (Å²) in [7, 11) is 3.51. The third-order valence-electron chi connectivity index (χ3n) is 2.35. The number of halogens is 1. The van der Waals surface area contributed by atoms with Gasteiger partial charge in [-0.3, -0.25) is 4.79 Å². The molecule has 0 aliphatic rings. The van der Waals surface area contributed by atoms with Crippen molar-refractivity contribution in [1.82, 2.24) is 4.90 Å². The summed E-state index contributed by atoms with van der Waals surface area (Å²) in [5.41, 5.74) is 2.11. The molecule has 0 fully saturated rings. The van der Waals surface area contributed by atoms with E-state index >= 15 is 0 Å². The third kappa shape index (κ3) is 3.74. The highest BCUT2D eigenvalue weighted by Crippen LogP contribution is 2.19. The minimum absolute atomic E-state index is 0.118. The molecule has 0 bridgehead atoms. The zero-order valence-corrected chi connectivity index (χ0v) is 10.6. The number of nitrogens with one attached hydrogen (secondary N) is 1. The van der Waals surface area contributed by atoms with Crippen molar-refractivity contribution in [3.63, 3.8) is 0 Å². The number of carbonyl (C=O) groups is 1. The largest absolute Gasteiger partial charge is 0.384 e. The molecule has 0 heterocycles. The molecule has 0 aliphatic heterocycles. The smallest absolute Gasteiger partial charge is 0.223 e. The first-order valence-corrected chi connectivity index (χ1v) is 5.58. The van der Waals surface area contributed by atoms with Crippen LogP contribution in [0.5, 0.6) is 0 Å². The number of nitrogens with zero attached hydrogens (tertiary/aromatic N) is 1. The topological polar surface area (TPSA) is 32.3 Å². The van der Waals surface area contributed by atoms with Crippen LogP contribution in [0, 0.1) is 6.92 Å². The van der Waals surface area contributed by atoms with Gasteiger partial charge in [0.25, 0.3) is 0 Å². The highest BCUT2D eigenvalue weighted by Gasteiger charge is 2.04. The Morgan fingerprint density at radius 2 is 2.12 bits per heavy atom. The van der Waals surface area contributed by atoms with E-state index in [2.05, 4.69) is 5.32 Å². The van der Waals surface area contributed by atoms with Crippen LogP contribution in [-0.2, 0) is 4.79 Å². The van der Waals surface area contributed by atoms with Crippen molar-refractivity contribution >= 4 is 23.2 Å². The molecule has 1 aromatic rings. The first-order valence-electron chi connectivity index (χ1n) is 5.21. The fraction of sp³-hybridized carbons (Fsp3) is 0.417. The van der Waals surface area contributed by atoms with Crippen molar-refractivity contribution in [1.29, 1.82) is 0 Å². The minimum atomic E-state index is 0.118. The molecule has 0 aliphatic carbocycles. The maximum atomic E-state index is 11.3. The average Bonchev–Trinajstić information content (AvgIpc) is 2.22. The van der Waals surface area contributed by atoms with E-state index in [1.807, 2.05) is 25.1 Å². The number of hydrogen-bond acceptors (Lipinski definition) is 2. The highest BCUT2D eigenvalue weighted by atomic mass is 35.5. The summed E-state index contributed by atoms with van der Waals surface area (Å²) in [4.78, 5) is 12.9. The number of benzene rings is 1. The van der Waals surface area contributed by atoms with Crippen LogP contribution in [0.2, 0.25) is 5.02 Å². The van der Waals surface area contributed by atoms with Crippen LogP contribution in [0.4, 0.5) is 5.69 Å². The summed E-state index contributed by atoms with van der Waals surface area (Å²) in [5.74, 6) is 0.118. The summed E-state index contributed by atoms with van der Waals surface area (Å²) in [6.45, 7) is 2.63.